The highest BCUT2D eigenvalue weighted by Gasteiger charge is 2.23. The number of ether oxygens (including phenoxy) is 3. The number of hydrogen-bond donors (Lipinski definition) is 1. The number of hydrogen-bond acceptors (Lipinski definition) is 7. The van der Waals surface area contributed by atoms with Crippen LogP contribution >= 0.6 is 15.9 Å². The van der Waals surface area contributed by atoms with Crippen LogP contribution in [0.15, 0.2) is 69.0 Å². The minimum Gasteiger partial charge on any atom is -0.493 e. The molecule has 3 aromatic carbocycles. The lowest BCUT2D eigenvalue weighted by molar-refractivity contribution is -0.118. The number of nitrogens with zero attached hydrogens (tertiary/aromatic N) is 3. The van der Waals surface area contributed by atoms with Gasteiger partial charge in [0.2, 0.25) is 5.75 Å². The Hall–Kier alpha value is -4.25. The molecule has 11 heteroatoms. The first-order valence-corrected chi connectivity index (χ1v) is 14.4. The van der Waals surface area contributed by atoms with Crippen molar-refractivity contribution in [3.8, 4) is 17.2 Å². The van der Waals surface area contributed by atoms with Crippen molar-refractivity contribution in [2.24, 2.45) is 5.10 Å². The Balaban J connectivity index is 1.44. The molecule has 218 valence electrons. The summed E-state index contributed by atoms with van der Waals surface area (Å²) in [6, 6.07) is 14.4. The molecule has 0 bridgehead atoms. The number of aromatic nitrogens is 2. The Morgan fingerprint density at radius 2 is 1.83 bits per heavy atom. The molecule has 1 saturated carbocycles. The fourth-order valence-corrected chi connectivity index (χ4v) is 5.41. The molecular weight excluding hydrogens is 607 g/mol. The van der Waals surface area contributed by atoms with Gasteiger partial charge >= 0.3 is 0 Å². The normalized spacial score (nSPS) is 13.8. The molecule has 0 atom stereocenters. The standard InChI is InChI=1S/C31H30BrFN4O5/c1-40-26-13-19(14-27(41-2)29(26)42-18-28(38)35-23-10-6-9-22(33)16-23)17-34-37-30(20-7-4-3-5-8-20)36-25-12-11-21(32)15-24(25)31(37)39/h6,9-17,20H,3-5,7-8,18H2,1-2H3,(H,35,38). The van der Waals surface area contributed by atoms with Gasteiger partial charge in [0, 0.05) is 21.6 Å². The molecular formula is C31H30BrFN4O5. The van der Waals surface area contributed by atoms with E-state index in [0.717, 1.165) is 30.2 Å². The number of methoxy groups -OCH3 is 2. The Morgan fingerprint density at radius 3 is 2.52 bits per heavy atom. The quantitative estimate of drug-likeness (QED) is 0.217. The van der Waals surface area contributed by atoms with E-state index >= 15 is 0 Å². The molecule has 5 rings (SSSR count). The van der Waals surface area contributed by atoms with E-state index in [-0.39, 0.29) is 23.8 Å². The van der Waals surface area contributed by atoms with Gasteiger partial charge in [0.15, 0.2) is 18.1 Å². The third kappa shape index (κ3) is 6.62. The maximum atomic E-state index is 13.6. The van der Waals surface area contributed by atoms with E-state index in [1.807, 2.05) is 12.1 Å². The zero-order valence-electron chi connectivity index (χ0n) is 23.2. The number of anilines is 1. The number of carbonyl (C=O) groups excluding carboxylic acids is 1. The predicted octanol–water partition coefficient (Wildman–Crippen LogP) is 6.26. The molecule has 4 aromatic rings. The largest absolute Gasteiger partial charge is 0.493 e. The monoisotopic (exact) mass is 636 g/mol. The van der Waals surface area contributed by atoms with Crippen molar-refractivity contribution in [2.75, 3.05) is 26.1 Å². The van der Waals surface area contributed by atoms with Crippen LogP contribution < -0.4 is 25.1 Å². The van der Waals surface area contributed by atoms with E-state index in [1.165, 1.54) is 43.5 Å². The van der Waals surface area contributed by atoms with Gasteiger partial charge in [-0.2, -0.15) is 9.78 Å². The summed E-state index contributed by atoms with van der Waals surface area (Å²) < 4.78 is 32.4. The first-order chi connectivity index (χ1) is 20.4. The van der Waals surface area contributed by atoms with Gasteiger partial charge in [-0.05, 0) is 61.4 Å². The first kappa shape index (κ1) is 29.2. The summed E-state index contributed by atoms with van der Waals surface area (Å²) in [4.78, 5) is 30.9. The van der Waals surface area contributed by atoms with Crippen molar-refractivity contribution in [1.82, 2.24) is 9.66 Å². The van der Waals surface area contributed by atoms with E-state index in [9.17, 15) is 14.0 Å². The Labute approximate surface area is 250 Å². The summed E-state index contributed by atoms with van der Waals surface area (Å²) >= 11 is 3.45. The minimum atomic E-state index is -0.486. The van der Waals surface area contributed by atoms with Crippen molar-refractivity contribution in [3.63, 3.8) is 0 Å². The van der Waals surface area contributed by atoms with Gasteiger partial charge in [-0.15, -0.1) is 0 Å². The van der Waals surface area contributed by atoms with Gasteiger partial charge in [-0.3, -0.25) is 9.59 Å². The SMILES string of the molecule is COc1cc(C=Nn2c(C3CCCCC3)nc3ccc(Br)cc3c2=O)cc(OC)c1OCC(=O)Nc1cccc(F)c1. The molecule has 0 radical (unpaired) electrons. The van der Waals surface area contributed by atoms with Crippen LogP contribution in [0.4, 0.5) is 10.1 Å². The van der Waals surface area contributed by atoms with Crippen LogP contribution in [0.3, 0.4) is 0 Å². The Kier molecular flexibility index (Phi) is 9.16. The van der Waals surface area contributed by atoms with E-state index < -0.39 is 11.7 Å². The molecule has 1 aromatic heterocycles. The van der Waals surface area contributed by atoms with E-state index in [2.05, 4.69) is 26.3 Å². The number of fused-ring (bicyclic) bond motifs is 1. The molecule has 1 heterocycles. The van der Waals surface area contributed by atoms with Crippen LogP contribution in [0.25, 0.3) is 10.9 Å². The third-order valence-electron chi connectivity index (χ3n) is 7.06. The topological polar surface area (TPSA) is 104 Å². The molecule has 0 unspecified atom stereocenters. The summed E-state index contributed by atoms with van der Waals surface area (Å²) in [5.41, 5.74) is 1.28. The highest BCUT2D eigenvalue weighted by Crippen LogP contribution is 2.38. The molecule has 1 fully saturated rings. The maximum absolute atomic E-state index is 13.6. The van der Waals surface area contributed by atoms with Crippen molar-refractivity contribution >= 4 is 44.6 Å². The van der Waals surface area contributed by atoms with Crippen LogP contribution in [-0.4, -0.2) is 42.6 Å². The molecule has 9 nitrogen and oxygen atoms in total. The van der Waals surface area contributed by atoms with Crippen LogP contribution in [0.5, 0.6) is 17.2 Å². The Bertz CT molecular complexity index is 1680. The first-order valence-electron chi connectivity index (χ1n) is 13.6. The molecule has 0 saturated heterocycles. The zero-order valence-corrected chi connectivity index (χ0v) is 24.8. The number of amides is 1. The van der Waals surface area contributed by atoms with Crippen molar-refractivity contribution in [2.45, 2.75) is 38.0 Å². The van der Waals surface area contributed by atoms with Gasteiger partial charge in [-0.25, -0.2) is 9.37 Å². The summed E-state index contributed by atoms with van der Waals surface area (Å²) in [6.45, 7) is -0.366. The van der Waals surface area contributed by atoms with E-state index in [1.54, 1.807) is 30.5 Å². The fraction of sp³-hybridized carbons (Fsp3) is 0.290. The summed E-state index contributed by atoms with van der Waals surface area (Å²) in [7, 11) is 2.93. The second-order valence-corrected chi connectivity index (χ2v) is 10.8. The minimum absolute atomic E-state index is 0.134. The van der Waals surface area contributed by atoms with Crippen molar-refractivity contribution in [3.05, 3.63) is 86.6 Å². The lowest BCUT2D eigenvalue weighted by atomic mass is 9.88. The van der Waals surface area contributed by atoms with Gasteiger partial charge < -0.3 is 19.5 Å². The smallest absolute Gasteiger partial charge is 0.282 e. The highest BCUT2D eigenvalue weighted by molar-refractivity contribution is 9.10. The summed E-state index contributed by atoms with van der Waals surface area (Å²) in [6.07, 6.45) is 6.78. The molecule has 1 N–H and O–H groups in total. The van der Waals surface area contributed by atoms with Gasteiger partial charge in [0.05, 0.1) is 31.3 Å². The van der Waals surface area contributed by atoms with Crippen molar-refractivity contribution < 1.29 is 23.4 Å². The van der Waals surface area contributed by atoms with Gasteiger partial charge in [0.1, 0.15) is 11.6 Å². The molecule has 1 aliphatic rings. The van der Waals surface area contributed by atoms with Crippen LogP contribution in [-0.2, 0) is 4.79 Å². The van der Waals surface area contributed by atoms with Gasteiger partial charge in [0.25, 0.3) is 11.5 Å². The lowest BCUT2D eigenvalue weighted by Crippen LogP contribution is -2.25. The molecule has 1 aliphatic carbocycles. The number of benzene rings is 3. The zero-order chi connectivity index (χ0) is 29.6. The van der Waals surface area contributed by atoms with E-state index in [4.69, 9.17) is 19.2 Å². The number of carbonyl (C=O) groups is 1. The van der Waals surface area contributed by atoms with Crippen LogP contribution in [0.2, 0.25) is 0 Å². The van der Waals surface area contributed by atoms with Crippen molar-refractivity contribution in [1.29, 1.82) is 0 Å². The number of halogens is 2. The second kappa shape index (κ2) is 13.2. The van der Waals surface area contributed by atoms with Gasteiger partial charge in [-0.1, -0.05) is 41.3 Å². The van der Waals surface area contributed by atoms with Crippen LogP contribution in [0.1, 0.15) is 49.4 Å². The Morgan fingerprint density at radius 1 is 1.10 bits per heavy atom. The number of nitrogens with one attached hydrogen (secondary N) is 1. The number of rotatable bonds is 9. The van der Waals surface area contributed by atoms with Crippen LogP contribution in [0, 0.1) is 5.82 Å². The highest BCUT2D eigenvalue weighted by atomic mass is 79.9. The fourth-order valence-electron chi connectivity index (χ4n) is 5.04. The molecule has 1 amide bonds. The van der Waals surface area contributed by atoms with E-state index in [0.29, 0.717) is 39.5 Å². The third-order valence-corrected chi connectivity index (χ3v) is 7.56. The molecule has 0 aliphatic heterocycles. The molecule has 42 heavy (non-hydrogen) atoms. The molecule has 0 spiro atoms. The maximum Gasteiger partial charge on any atom is 0.282 e. The summed E-state index contributed by atoms with van der Waals surface area (Å²) in [5.74, 6) is 0.646. The summed E-state index contributed by atoms with van der Waals surface area (Å²) in [5, 5.41) is 7.65. The average molecular weight is 638 g/mol. The lowest BCUT2D eigenvalue weighted by Gasteiger charge is -2.22. The predicted molar refractivity (Wildman–Crippen MR) is 163 cm³/mol. The average Bonchev–Trinajstić information content (AvgIpc) is 3.00. The second-order valence-electron chi connectivity index (χ2n) is 9.93.